The Balaban J connectivity index is 1.15. The van der Waals surface area contributed by atoms with Gasteiger partial charge in [0.2, 0.25) is 5.91 Å². The number of aryl methyl sites for hydroxylation is 1. The molecule has 0 unspecified atom stereocenters. The minimum absolute atomic E-state index is 0.209. The Labute approximate surface area is 178 Å². The van der Waals surface area contributed by atoms with Gasteiger partial charge in [0.25, 0.3) is 0 Å². The van der Waals surface area contributed by atoms with E-state index in [0.29, 0.717) is 18.5 Å². The standard InChI is InChI=1S/C25H29N3O2/c1-26-22-9-3-8-19-20-15-27(13-10-21(20)28(24(19)22)16-23(26)29)12-4-7-17-5-2-6-18-11-14-30-25(17)18/h2-3,5-6,8-9,20-21H,4,7,10-16H2,1H3/t20-,21-/m0/s1. The summed E-state index contributed by atoms with van der Waals surface area (Å²) in [6.07, 6.45) is 4.43. The smallest absolute Gasteiger partial charge is 0.246 e. The number of likely N-dealkylation sites (tertiary alicyclic amines) is 1. The molecule has 1 amide bonds. The van der Waals surface area contributed by atoms with Crippen LogP contribution in [0.2, 0.25) is 0 Å². The molecule has 5 nitrogen and oxygen atoms in total. The van der Waals surface area contributed by atoms with Crippen LogP contribution in [-0.4, -0.2) is 56.7 Å². The van der Waals surface area contributed by atoms with Crippen molar-refractivity contribution in [2.75, 3.05) is 49.6 Å². The summed E-state index contributed by atoms with van der Waals surface area (Å²) in [6, 6.07) is 13.6. The van der Waals surface area contributed by atoms with Gasteiger partial charge in [-0.1, -0.05) is 30.3 Å². The van der Waals surface area contributed by atoms with Gasteiger partial charge in [0.1, 0.15) is 5.75 Å². The van der Waals surface area contributed by atoms with Gasteiger partial charge in [-0.05, 0) is 48.6 Å². The molecule has 0 aromatic heterocycles. The lowest BCUT2D eigenvalue weighted by Crippen LogP contribution is -2.51. The van der Waals surface area contributed by atoms with Crippen molar-refractivity contribution < 1.29 is 9.53 Å². The molecule has 0 radical (unpaired) electrons. The van der Waals surface area contributed by atoms with Crippen molar-refractivity contribution in [3.8, 4) is 5.75 Å². The summed E-state index contributed by atoms with van der Waals surface area (Å²) in [5.74, 6) is 1.87. The molecule has 5 heteroatoms. The van der Waals surface area contributed by atoms with E-state index >= 15 is 0 Å². The number of nitrogens with zero attached hydrogens (tertiary/aromatic N) is 3. The third-order valence-corrected chi connectivity index (χ3v) is 7.55. The summed E-state index contributed by atoms with van der Waals surface area (Å²) in [6.45, 7) is 4.70. The fraction of sp³-hybridized carbons (Fsp3) is 0.480. The average Bonchev–Trinajstić information content (AvgIpc) is 3.36. The number of amides is 1. The maximum absolute atomic E-state index is 12.5. The zero-order chi connectivity index (χ0) is 20.2. The first-order valence-electron chi connectivity index (χ1n) is 11.3. The monoisotopic (exact) mass is 403 g/mol. The number of hydrogen-bond donors (Lipinski definition) is 0. The summed E-state index contributed by atoms with van der Waals surface area (Å²) < 4.78 is 5.88. The number of likely N-dealkylation sites (N-methyl/N-ethyl adjacent to an activating group) is 1. The fourth-order valence-electron chi connectivity index (χ4n) is 6.04. The topological polar surface area (TPSA) is 36.0 Å². The second kappa shape index (κ2) is 7.02. The van der Waals surface area contributed by atoms with Crippen LogP contribution in [0.4, 0.5) is 11.4 Å². The minimum Gasteiger partial charge on any atom is -0.493 e. The Kier molecular flexibility index (Phi) is 4.27. The molecule has 30 heavy (non-hydrogen) atoms. The van der Waals surface area contributed by atoms with E-state index in [9.17, 15) is 4.79 Å². The van der Waals surface area contributed by atoms with Crippen LogP contribution in [0.25, 0.3) is 0 Å². The molecule has 0 spiro atoms. The van der Waals surface area contributed by atoms with Gasteiger partial charge in [0.05, 0.1) is 24.5 Å². The van der Waals surface area contributed by atoms with Gasteiger partial charge < -0.3 is 19.4 Å². The van der Waals surface area contributed by atoms with Gasteiger partial charge in [0, 0.05) is 38.5 Å². The normalized spacial score (nSPS) is 24.5. The average molecular weight is 404 g/mol. The third-order valence-electron chi connectivity index (χ3n) is 7.55. The summed E-state index contributed by atoms with van der Waals surface area (Å²) in [7, 11) is 1.91. The lowest BCUT2D eigenvalue weighted by atomic mass is 9.89. The van der Waals surface area contributed by atoms with Gasteiger partial charge in [-0.15, -0.1) is 0 Å². The van der Waals surface area contributed by atoms with Crippen LogP contribution in [-0.2, 0) is 17.6 Å². The molecule has 0 aliphatic carbocycles. The molecule has 1 fully saturated rings. The largest absolute Gasteiger partial charge is 0.493 e. The molecule has 1 saturated heterocycles. The highest BCUT2D eigenvalue weighted by Crippen LogP contribution is 2.50. The highest BCUT2D eigenvalue weighted by molar-refractivity contribution is 6.04. The molecule has 2 aromatic rings. The lowest BCUT2D eigenvalue weighted by Gasteiger charge is -2.41. The first-order chi connectivity index (χ1) is 14.7. The zero-order valence-corrected chi connectivity index (χ0v) is 17.6. The first-order valence-corrected chi connectivity index (χ1v) is 11.3. The predicted molar refractivity (Wildman–Crippen MR) is 119 cm³/mol. The van der Waals surface area contributed by atoms with Gasteiger partial charge in [-0.2, -0.15) is 0 Å². The van der Waals surface area contributed by atoms with E-state index in [1.165, 1.54) is 22.4 Å². The summed E-state index contributed by atoms with van der Waals surface area (Å²) in [5, 5.41) is 0. The molecule has 4 aliphatic heterocycles. The molecule has 0 saturated carbocycles. The van der Waals surface area contributed by atoms with Crippen molar-refractivity contribution in [1.82, 2.24) is 4.90 Å². The van der Waals surface area contributed by atoms with Crippen molar-refractivity contribution in [2.24, 2.45) is 0 Å². The highest BCUT2D eigenvalue weighted by atomic mass is 16.5. The van der Waals surface area contributed by atoms with Crippen LogP contribution >= 0.6 is 0 Å². The molecular weight excluding hydrogens is 374 g/mol. The van der Waals surface area contributed by atoms with E-state index in [2.05, 4.69) is 46.2 Å². The number of anilines is 2. The molecule has 2 aromatic carbocycles. The van der Waals surface area contributed by atoms with Gasteiger partial charge >= 0.3 is 0 Å². The van der Waals surface area contributed by atoms with Crippen molar-refractivity contribution in [3.05, 3.63) is 53.1 Å². The molecule has 156 valence electrons. The molecule has 6 rings (SSSR count). The van der Waals surface area contributed by atoms with E-state index in [4.69, 9.17) is 4.74 Å². The van der Waals surface area contributed by atoms with Gasteiger partial charge in [-0.25, -0.2) is 0 Å². The zero-order valence-electron chi connectivity index (χ0n) is 17.6. The van der Waals surface area contributed by atoms with Crippen LogP contribution in [0.15, 0.2) is 36.4 Å². The molecule has 4 aliphatic rings. The summed E-state index contributed by atoms with van der Waals surface area (Å²) in [4.78, 5) is 19.4. The number of carbonyl (C=O) groups excluding carboxylic acids is 1. The number of piperidine rings is 1. The predicted octanol–water partition coefficient (Wildman–Crippen LogP) is 3.21. The summed E-state index contributed by atoms with van der Waals surface area (Å²) >= 11 is 0. The van der Waals surface area contributed by atoms with Crippen molar-refractivity contribution in [1.29, 1.82) is 0 Å². The second-order valence-electron chi connectivity index (χ2n) is 9.17. The third kappa shape index (κ3) is 2.75. The number of hydrogen-bond acceptors (Lipinski definition) is 4. The maximum Gasteiger partial charge on any atom is 0.246 e. The quantitative estimate of drug-likeness (QED) is 0.786. The Morgan fingerprint density at radius 3 is 3.00 bits per heavy atom. The number of rotatable bonds is 4. The van der Waals surface area contributed by atoms with Crippen LogP contribution in [0.3, 0.4) is 0 Å². The van der Waals surface area contributed by atoms with E-state index in [-0.39, 0.29) is 5.91 Å². The van der Waals surface area contributed by atoms with Crippen LogP contribution in [0.5, 0.6) is 5.75 Å². The number of benzene rings is 2. The lowest BCUT2D eigenvalue weighted by molar-refractivity contribution is -0.117. The Hall–Kier alpha value is -2.53. The van der Waals surface area contributed by atoms with Crippen LogP contribution in [0.1, 0.15) is 35.4 Å². The molecule has 4 heterocycles. The number of ether oxygens (including phenoxy) is 1. The van der Waals surface area contributed by atoms with Crippen LogP contribution < -0.4 is 14.5 Å². The fourth-order valence-corrected chi connectivity index (χ4v) is 6.04. The molecular formula is C25H29N3O2. The Bertz CT molecular complexity index is 1000. The maximum atomic E-state index is 12.5. The van der Waals surface area contributed by atoms with Crippen LogP contribution in [0, 0.1) is 0 Å². The van der Waals surface area contributed by atoms with E-state index in [1.54, 1.807) is 0 Å². The number of para-hydroxylation sites is 2. The van der Waals surface area contributed by atoms with Gasteiger partial charge in [-0.3, -0.25) is 4.79 Å². The number of carbonyl (C=O) groups is 1. The minimum atomic E-state index is 0.209. The van der Waals surface area contributed by atoms with Gasteiger partial charge in [0.15, 0.2) is 0 Å². The highest BCUT2D eigenvalue weighted by Gasteiger charge is 2.46. The van der Waals surface area contributed by atoms with E-state index < -0.39 is 0 Å². The van der Waals surface area contributed by atoms with E-state index in [1.807, 2.05) is 11.9 Å². The molecule has 0 N–H and O–H groups in total. The summed E-state index contributed by atoms with van der Waals surface area (Å²) in [5.41, 5.74) is 6.58. The first kappa shape index (κ1) is 18.3. The number of fused-ring (bicyclic) bond motifs is 4. The van der Waals surface area contributed by atoms with Crippen molar-refractivity contribution in [2.45, 2.75) is 37.6 Å². The van der Waals surface area contributed by atoms with Crippen molar-refractivity contribution in [3.63, 3.8) is 0 Å². The molecule has 2 atom stereocenters. The second-order valence-corrected chi connectivity index (χ2v) is 9.17. The van der Waals surface area contributed by atoms with E-state index in [0.717, 1.165) is 63.4 Å². The Morgan fingerprint density at radius 2 is 2.07 bits per heavy atom. The SMILES string of the molecule is CN1C(=O)CN2c3c(cccc31)[C@@H]1CN(CCCc3cccc4c3OCC4)CC[C@@H]12. The van der Waals surface area contributed by atoms with Crippen molar-refractivity contribution >= 4 is 17.3 Å². The Morgan fingerprint density at radius 1 is 1.17 bits per heavy atom. The molecule has 0 bridgehead atoms.